The van der Waals surface area contributed by atoms with Crippen molar-refractivity contribution in [1.29, 1.82) is 0 Å². The van der Waals surface area contributed by atoms with Gasteiger partial charge in [-0.15, -0.1) is 0 Å². The van der Waals surface area contributed by atoms with Gasteiger partial charge in [0, 0.05) is 17.0 Å². The van der Waals surface area contributed by atoms with Crippen molar-refractivity contribution in [2.24, 2.45) is 0 Å². The van der Waals surface area contributed by atoms with Crippen molar-refractivity contribution >= 4 is 21.9 Å². The van der Waals surface area contributed by atoms with Gasteiger partial charge in [-0.05, 0) is 11.6 Å². The van der Waals surface area contributed by atoms with Crippen LogP contribution in [0.3, 0.4) is 0 Å². The summed E-state index contributed by atoms with van der Waals surface area (Å²) in [6.07, 6.45) is -0.213. The van der Waals surface area contributed by atoms with Crippen LogP contribution in [0, 0.1) is 5.82 Å². The van der Waals surface area contributed by atoms with Crippen LogP contribution in [0.15, 0.2) is 12.1 Å². The van der Waals surface area contributed by atoms with Gasteiger partial charge in [0.2, 0.25) is 0 Å². The van der Waals surface area contributed by atoms with Crippen LogP contribution < -0.4 is 4.74 Å². The van der Waals surface area contributed by atoms with Gasteiger partial charge < -0.3 is 9.84 Å². The lowest BCUT2D eigenvalue weighted by Crippen LogP contribution is -2.05. The minimum Gasteiger partial charge on any atom is -0.496 e. The molecule has 0 saturated heterocycles. The molecule has 0 spiro atoms. The van der Waals surface area contributed by atoms with Gasteiger partial charge in [0.05, 0.1) is 13.5 Å². The fraction of sp³-hybridized carbons (Fsp3) is 0.300. The second-order valence-corrected chi connectivity index (χ2v) is 3.51. The Morgan fingerprint density at radius 1 is 1.60 bits per heavy atom. The number of aliphatic carboxylic acids is 1. The Morgan fingerprint density at radius 2 is 2.27 bits per heavy atom. The highest BCUT2D eigenvalue weighted by Crippen LogP contribution is 2.26. The minimum atomic E-state index is -0.996. The Labute approximate surface area is 95.0 Å². The largest absolute Gasteiger partial charge is 0.496 e. The molecule has 0 aliphatic carbocycles. The highest BCUT2D eigenvalue weighted by atomic mass is 79.9. The number of hydrogen-bond acceptors (Lipinski definition) is 2. The van der Waals surface area contributed by atoms with E-state index in [0.29, 0.717) is 22.2 Å². The van der Waals surface area contributed by atoms with E-state index in [-0.39, 0.29) is 6.42 Å². The van der Waals surface area contributed by atoms with E-state index >= 15 is 0 Å². The molecule has 0 bridgehead atoms. The summed E-state index contributed by atoms with van der Waals surface area (Å²) in [5.41, 5.74) is 1.09. The average Bonchev–Trinajstić information content (AvgIpc) is 2.15. The first-order chi connectivity index (χ1) is 7.08. The number of carbonyl (C=O) groups is 1. The molecule has 0 heterocycles. The zero-order valence-corrected chi connectivity index (χ0v) is 9.67. The predicted octanol–water partition coefficient (Wildman–Crippen LogP) is 2.36. The lowest BCUT2D eigenvalue weighted by atomic mass is 10.0. The Morgan fingerprint density at radius 3 is 2.73 bits per heavy atom. The Balaban J connectivity index is 3.22. The van der Waals surface area contributed by atoms with Crippen molar-refractivity contribution in [1.82, 2.24) is 0 Å². The summed E-state index contributed by atoms with van der Waals surface area (Å²) in [7, 11) is 1.42. The molecule has 0 atom stereocenters. The molecule has 15 heavy (non-hydrogen) atoms. The second-order valence-electron chi connectivity index (χ2n) is 2.95. The van der Waals surface area contributed by atoms with Crippen molar-refractivity contribution in [3.8, 4) is 5.75 Å². The molecule has 0 aromatic heterocycles. The van der Waals surface area contributed by atoms with E-state index in [1.807, 2.05) is 0 Å². The maximum absolute atomic E-state index is 13.1. The first kappa shape index (κ1) is 12.0. The van der Waals surface area contributed by atoms with Gasteiger partial charge in [-0.1, -0.05) is 15.9 Å². The summed E-state index contributed by atoms with van der Waals surface area (Å²) >= 11 is 3.22. The Hall–Kier alpha value is -1.10. The van der Waals surface area contributed by atoms with Crippen LogP contribution in [0.4, 0.5) is 4.39 Å². The van der Waals surface area contributed by atoms with Gasteiger partial charge in [-0.3, -0.25) is 4.79 Å². The quantitative estimate of drug-likeness (QED) is 0.859. The molecule has 1 rings (SSSR count). The van der Waals surface area contributed by atoms with Crippen molar-refractivity contribution in [3.63, 3.8) is 0 Å². The number of hydrogen-bond donors (Lipinski definition) is 1. The zero-order chi connectivity index (χ0) is 11.4. The number of halogens is 2. The van der Waals surface area contributed by atoms with Gasteiger partial charge in [0.1, 0.15) is 11.6 Å². The third kappa shape index (κ3) is 2.92. The van der Waals surface area contributed by atoms with E-state index < -0.39 is 11.8 Å². The van der Waals surface area contributed by atoms with Crippen LogP contribution in [0.5, 0.6) is 5.75 Å². The van der Waals surface area contributed by atoms with E-state index in [1.165, 1.54) is 19.2 Å². The number of ether oxygens (including phenoxy) is 1. The average molecular weight is 277 g/mol. The summed E-state index contributed by atoms with van der Waals surface area (Å²) < 4.78 is 18.1. The fourth-order valence-corrected chi connectivity index (χ4v) is 1.96. The molecule has 3 nitrogen and oxygen atoms in total. The summed E-state index contributed by atoms with van der Waals surface area (Å²) in [5, 5.41) is 9.09. The topological polar surface area (TPSA) is 46.5 Å². The van der Waals surface area contributed by atoms with Crippen LogP contribution in [-0.4, -0.2) is 18.2 Å². The molecule has 1 aromatic rings. The number of alkyl halides is 1. The first-order valence-corrected chi connectivity index (χ1v) is 5.33. The van der Waals surface area contributed by atoms with Gasteiger partial charge in [-0.2, -0.15) is 0 Å². The molecule has 0 amide bonds. The molecule has 0 aliphatic rings. The molecule has 0 radical (unpaired) electrons. The van der Waals surface area contributed by atoms with Crippen LogP contribution in [0.2, 0.25) is 0 Å². The number of benzene rings is 1. The number of methoxy groups -OCH3 is 1. The number of carboxylic acid groups (broad SMARTS) is 1. The maximum Gasteiger partial charge on any atom is 0.307 e. The highest BCUT2D eigenvalue weighted by Gasteiger charge is 2.13. The molecule has 0 unspecified atom stereocenters. The molecule has 1 aromatic carbocycles. The SMILES string of the molecule is COc1cc(F)cc(CC(=O)O)c1CBr. The molecular weight excluding hydrogens is 267 g/mol. The first-order valence-electron chi connectivity index (χ1n) is 4.21. The van der Waals surface area contributed by atoms with Crippen LogP contribution in [-0.2, 0) is 16.5 Å². The monoisotopic (exact) mass is 276 g/mol. The maximum atomic E-state index is 13.1. The van der Waals surface area contributed by atoms with Crippen molar-refractivity contribution in [2.75, 3.05) is 7.11 Å². The summed E-state index contributed by atoms with van der Waals surface area (Å²) in [5.74, 6) is -1.12. The fourth-order valence-electron chi connectivity index (χ4n) is 1.32. The molecule has 0 saturated carbocycles. The lowest BCUT2D eigenvalue weighted by Gasteiger charge is -2.10. The molecular formula is C10H10BrFO3. The van der Waals surface area contributed by atoms with Crippen molar-refractivity contribution in [2.45, 2.75) is 11.8 Å². The van der Waals surface area contributed by atoms with Gasteiger partial charge in [0.15, 0.2) is 0 Å². The molecule has 0 aliphatic heterocycles. The van der Waals surface area contributed by atoms with Crippen LogP contribution in [0.1, 0.15) is 11.1 Å². The lowest BCUT2D eigenvalue weighted by molar-refractivity contribution is -0.136. The van der Waals surface area contributed by atoms with E-state index in [4.69, 9.17) is 9.84 Å². The molecule has 5 heteroatoms. The summed E-state index contributed by atoms with van der Waals surface area (Å²) in [4.78, 5) is 10.6. The van der Waals surface area contributed by atoms with E-state index in [9.17, 15) is 9.18 Å². The second kappa shape index (κ2) is 5.11. The smallest absolute Gasteiger partial charge is 0.307 e. The van der Waals surface area contributed by atoms with Crippen molar-refractivity contribution in [3.05, 3.63) is 29.1 Å². The standard InChI is InChI=1S/C10H10BrFO3/c1-15-9-4-7(12)2-6(3-10(13)14)8(9)5-11/h2,4H,3,5H2,1H3,(H,13,14). The van der Waals surface area contributed by atoms with E-state index in [0.717, 1.165) is 0 Å². The summed E-state index contributed by atoms with van der Waals surface area (Å²) in [6.45, 7) is 0. The predicted molar refractivity (Wildman–Crippen MR) is 56.9 cm³/mol. The van der Waals surface area contributed by atoms with Crippen LogP contribution >= 0.6 is 15.9 Å². The van der Waals surface area contributed by atoms with Gasteiger partial charge >= 0.3 is 5.97 Å². The minimum absolute atomic E-state index is 0.213. The van der Waals surface area contributed by atoms with E-state index in [2.05, 4.69) is 15.9 Å². The zero-order valence-electron chi connectivity index (χ0n) is 8.09. The molecule has 0 fully saturated rings. The number of rotatable bonds is 4. The Kier molecular flexibility index (Phi) is 4.08. The number of carboxylic acids is 1. The van der Waals surface area contributed by atoms with Gasteiger partial charge in [-0.25, -0.2) is 4.39 Å². The molecule has 1 N–H and O–H groups in total. The van der Waals surface area contributed by atoms with Crippen LogP contribution in [0.25, 0.3) is 0 Å². The molecule has 82 valence electrons. The Bertz CT molecular complexity index is 379. The van der Waals surface area contributed by atoms with Crippen molar-refractivity contribution < 1.29 is 19.0 Å². The normalized spacial score (nSPS) is 10.1. The highest BCUT2D eigenvalue weighted by molar-refractivity contribution is 9.08. The van der Waals surface area contributed by atoms with E-state index in [1.54, 1.807) is 0 Å². The third-order valence-electron chi connectivity index (χ3n) is 1.96. The third-order valence-corrected chi connectivity index (χ3v) is 2.52. The summed E-state index contributed by atoms with van der Waals surface area (Å²) in [6, 6.07) is 2.45. The van der Waals surface area contributed by atoms with Gasteiger partial charge in [0.25, 0.3) is 0 Å².